The molecule has 2 aromatic rings. The summed E-state index contributed by atoms with van der Waals surface area (Å²) in [4.78, 5) is 23.9. The fourth-order valence-corrected chi connectivity index (χ4v) is 2.75. The van der Waals surface area contributed by atoms with E-state index >= 15 is 0 Å². The summed E-state index contributed by atoms with van der Waals surface area (Å²) in [5.74, 6) is -1.27. The Morgan fingerprint density at radius 1 is 1.24 bits per heavy atom. The number of aliphatic carboxylic acids is 1. The summed E-state index contributed by atoms with van der Waals surface area (Å²) in [7, 11) is 0. The first-order chi connectivity index (χ1) is 11.7. The van der Waals surface area contributed by atoms with Gasteiger partial charge in [0.25, 0.3) is 5.91 Å². The van der Waals surface area contributed by atoms with Crippen LogP contribution in [0.5, 0.6) is 0 Å². The Hall–Kier alpha value is -2.63. The van der Waals surface area contributed by atoms with Gasteiger partial charge in [-0.3, -0.25) is 4.79 Å². The van der Waals surface area contributed by atoms with Crippen molar-refractivity contribution in [3.05, 3.63) is 46.8 Å². The van der Waals surface area contributed by atoms with Crippen LogP contribution in [-0.2, 0) is 4.79 Å². The maximum atomic E-state index is 12.5. The Balaban J connectivity index is 2.29. The van der Waals surface area contributed by atoms with Crippen LogP contribution in [0, 0.1) is 26.7 Å². The number of carboxylic acid groups (broad SMARTS) is 1. The molecule has 1 heterocycles. The van der Waals surface area contributed by atoms with Crippen LogP contribution in [0.25, 0.3) is 5.69 Å². The molecule has 0 saturated carbocycles. The average molecular weight is 343 g/mol. The number of carbonyl (C=O) groups is 2. The molecule has 25 heavy (non-hydrogen) atoms. The minimum absolute atomic E-state index is 0.167. The van der Waals surface area contributed by atoms with Crippen LogP contribution < -0.4 is 5.32 Å². The third-order valence-electron chi connectivity index (χ3n) is 4.16. The number of nitrogens with zero attached hydrogens (tertiary/aromatic N) is 2. The van der Waals surface area contributed by atoms with Gasteiger partial charge in [0.15, 0.2) is 0 Å². The van der Waals surface area contributed by atoms with Gasteiger partial charge in [0.1, 0.15) is 6.04 Å². The number of hydrogen-bond donors (Lipinski definition) is 2. The van der Waals surface area contributed by atoms with Crippen molar-refractivity contribution in [1.82, 2.24) is 15.1 Å². The largest absolute Gasteiger partial charge is 0.480 e. The summed E-state index contributed by atoms with van der Waals surface area (Å²) in [6.45, 7) is 9.64. The van der Waals surface area contributed by atoms with E-state index in [1.54, 1.807) is 4.68 Å². The lowest BCUT2D eigenvalue weighted by atomic mass is 10.0. The summed E-state index contributed by atoms with van der Waals surface area (Å²) in [5, 5.41) is 16.2. The number of nitrogens with one attached hydrogen (secondary N) is 1. The number of amides is 1. The van der Waals surface area contributed by atoms with Crippen LogP contribution in [0.2, 0.25) is 0 Å². The molecule has 0 spiro atoms. The Morgan fingerprint density at radius 3 is 2.52 bits per heavy atom. The van der Waals surface area contributed by atoms with E-state index in [-0.39, 0.29) is 5.92 Å². The van der Waals surface area contributed by atoms with Gasteiger partial charge in [0.05, 0.1) is 23.1 Å². The highest BCUT2D eigenvalue weighted by Crippen LogP contribution is 2.19. The maximum absolute atomic E-state index is 12.5. The molecule has 0 aliphatic heterocycles. The lowest BCUT2D eigenvalue weighted by molar-refractivity contribution is -0.139. The summed E-state index contributed by atoms with van der Waals surface area (Å²) >= 11 is 0. The normalized spacial score (nSPS) is 12.2. The van der Waals surface area contributed by atoms with E-state index in [9.17, 15) is 14.7 Å². The molecule has 0 saturated heterocycles. The first kappa shape index (κ1) is 18.7. The van der Waals surface area contributed by atoms with Crippen molar-refractivity contribution < 1.29 is 14.7 Å². The molecule has 0 aliphatic carbocycles. The van der Waals surface area contributed by atoms with Crippen LogP contribution in [0.15, 0.2) is 24.4 Å². The molecule has 1 aromatic carbocycles. The topological polar surface area (TPSA) is 84.2 Å². The standard InChI is InChI=1S/C19H25N3O3/c1-11(2)8-16(19(24)25)21-18(23)15-10-20-22(14(15)5)17-9-12(3)6-7-13(17)4/h6-7,9-11,16H,8H2,1-5H3,(H,21,23)(H,24,25)/t16-/m0/s1. The van der Waals surface area contributed by atoms with E-state index in [1.807, 2.05) is 52.8 Å². The monoisotopic (exact) mass is 343 g/mol. The number of hydrogen-bond acceptors (Lipinski definition) is 3. The van der Waals surface area contributed by atoms with Crippen molar-refractivity contribution in [3.8, 4) is 5.69 Å². The van der Waals surface area contributed by atoms with Gasteiger partial charge in [-0.1, -0.05) is 26.0 Å². The molecule has 0 fully saturated rings. The molecule has 1 atom stereocenters. The number of carbonyl (C=O) groups excluding carboxylic acids is 1. The lowest BCUT2D eigenvalue weighted by Gasteiger charge is -2.16. The molecule has 1 aromatic heterocycles. The van der Waals surface area contributed by atoms with Gasteiger partial charge in [-0.25, -0.2) is 9.48 Å². The molecule has 6 heteroatoms. The van der Waals surface area contributed by atoms with E-state index in [4.69, 9.17) is 0 Å². The quantitative estimate of drug-likeness (QED) is 0.844. The van der Waals surface area contributed by atoms with E-state index in [2.05, 4.69) is 10.4 Å². The number of aryl methyl sites for hydroxylation is 2. The summed E-state index contributed by atoms with van der Waals surface area (Å²) in [6, 6.07) is 5.13. The molecule has 0 unspecified atom stereocenters. The zero-order valence-corrected chi connectivity index (χ0v) is 15.3. The van der Waals surface area contributed by atoms with E-state index in [1.165, 1.54) is 6.20 Å². The van der Waals surface area contributed by atoms with Crippen molar-refractivity contribution in [3.63, 3.8) is 0 Å². The van der Waals surface area contributed by atoms with Crippen LogP contribution in [0.1, 0.15) is 47.4 Å². The zero-order valence-electron chi connectivity index (χ0n) is 15.3. The number of carboxylic acids is 1. The fraction of sp³-hybridized carbons (Fsp3) is 0.421. The zero-order chi connectivity index (χ0) is 18.7. The average Bonchev–Trinajstić information content (AvgIpc) is 2.90. The molecule has 1 amide bonds. The Morgan fingerprint density at radius 2 is 1.92 bits per heavy atom. The highest BCUT2D eigenvalue weighted by molar-refractivity contribution is 5.97. The fourth-order valence-electron chi connectivity index (χ4n) is 2.75. The van der Waals surface area contributed by atoms with E-state index in [0.717, 1.165) is 16.8 Å². The summed E-state index contributed by atoms with van der Waals surface area (Å²) in [6.07, 6.45) is 1.87. The number of rotatable bonds is 6. The predicted octanol–water partition coefficient (Wildman–Crippen LogP) is 3.03. The Bertz CT molecular complexity index is 793. The third kappa shape index (κ3) is 4.26. The smallest absolute Gasteiger partial charge is 0.326 e. The van der Waals surface area contributed by atoms with Gasteiger partial charge < -0.3 is 10.4 Å². The van der Waals surface area contributed by atoms with Gasteiger partial charge in [-0.05, 0) is 50.3 Å². The first-order valence-corrected chi connectivity index (χ1v) is 8.36. The highest BCUT2D eigenvalue weighted by atomic mass is 16.4. The second kappa shape index (κ2) is 7.51. The molecular weight excluding hydrogens is 318 g/mol. The minimum atomic E-state index is -1.03. The van der Waals surface area contributed by atoms with Crippen LogP contribution >= 0.6 is 0 Å². The van der Waals surface area contributed by atoms with Gasteiger partial charge in [0.2, 0.25) is 0 Å². The minimum Gasteiger partial charge on any atom is -0.480 e. The number of aromatic nitrogens is 2. The first-order valence-electron chi connectivity index (χ1n) is 8.36. The van der Waals surface area contributed by atoms with E-state index < -0.39 is 17.9 Å². The second-order valence-corrected chi connectivity index (χ2v) is 6.84. The molecule has 0 aliphatic rings. The van der Waals surface area contributed by atoms with Crippen molar-refractivity contribution in [2.75, 3.05) is 0 Å². The Kier molecular flexibility index (Phi) is 5.62. The summed E-state index contributed by atoms with van der Waals surface area (Å²) < 4.78 is 1.72. The molecule has 6 nitrogen and oxygen atoms in total. The molecule has 134 valence electrons. The summed E-state index contributed by atoms with van der Waals surface area (Å²) in [5.41, 5.74) is 4.13. The van der Waals surface area contributed by atoms with Crippen LogP contribution in [-0.4, -0.2) is 32.8 Å². The van der Waals surface area contributed by atoms with Gasteiger partial charge in [0, 0.05) is 0 Å². The maximum Gasteiger partial charge on any atom is 0.326 e. The number of benzene rings is 1. The highest BCUT2D eigenvalue weighted by Gasteiger charge is 2.24. The van der Waals surface area contributed by atoms with E-state index in [0.29, 0.717) is 17.7 Å². The molecule has 2 N–H and O–H groups in total. The van der Waals surface area contributed by atoms with Crippen molar-refractivity contribution >= 4 is 11.9 Å². The molecule has 2 rings (SSSR count). The molecular formula is C19H25N3O3. The molecule has 0 bridgehead atoms. The Labute approximate surface area is 147 Å². The van der Waals surface area contributed by atoms with Gasteiger partial charge >= 0.3 is 5.97 Å². The van der Waals surface area contributed by atoms with Gasteiger partial charge in [-0.15, -0.1) is 0 Å². The lowest BCUT2D eigenvalue weighted by Crippen LogP contribution is -2.41. The van der Waals surface area contributed by atoms with Crippen LogP contribution in [0.3, 0.4) is 0 Å². The predicted molar refractivity (Wildman–Crippen MR) is 96.1 cm³/mol. The SMILES string of the molecule is Cc1ccc(C)c(-n2ncc(C(=O)N[C@@H](CC(C)C)C(=O)O)c2C)c1. The third-order valence-corrected chi connectivity index (χ3v) is 4.16. The van der Waals surface area contributed by atoms with Crippen molar-refractivity contribution in [2.24, 2.45) is 5.92 Å². The van der Waals surface area contributed by atoms with Crippen LogP contribution in [0.4, 0.5) is 0 Å². The van der Waals surface area contributed by atoms with Crippen molar-refractivity contribution in [1.29, 1.82) is 0 Å². The van der Waals surface area contributed by atoms with Gasteiger partial charge in [-0.2, -0.15) is 5.10 Å². The molecule has 0 radical (unpaired) electrons. The van der Waals surface area contributed by atoms with Crippen molar-refractivity contribution in [2.45, 2.75) is 47.1 Å². The second-order valence-electron chi connectivity index (χ2n) is 6.84.